The lowest BCUT2D eigenvalue weighted by atomic mass is 9.90. The highest BCUT2D eigenvalue weighted by Crippen LogP contribution is 2.25. The van der Waals surface area contributed by atoms with Crippen molar-refractivity contribution in [1.29, 1.82) is 0 Å². The molecule has 0 unspecified atom stereocenters. The second kappa shape index (κ2) is 5.48. The first-order valence-electron chi connectivity index (χ1n) is 7.40. The van der Waals surface area contributed by atoms with Crippen LogP contribution in [0.15, 0.2) is 18.2 Å². The van der Waals surface area contributed by atoms with Crippen molar-refractivity contribution < 1.29 is 19.8 Å². The Bertz CT molecular complexity index is 584. The van der Waals surface area contributed by atoms with Gasteiger partial charge < -0.3 is 15.1 Å². The van der Waals surface area contributed by atoms with E-state index in [0.717, 1.165) is 19.3 Å². The van der Waals surface area contributed by atoms with E-state index in [4.69, 9.17) is 0 Å². The van der Waals surface area contributed by atoms with Gasteiger partial charge in [-0.15, -0.1) is 0 Å². The highest BCUT2D eigenvalue weighted by atomic mass is 16.4. The number of nitrogens with zero attached hydrogens (tertiary/aromatic N) is 1. The van der Waals surface area contributed by atoms with Crippen LogP contribution in [0.4, 0.5) is 0 Å². The summed E-state index contributed by atoms with van der Waals surface area (Å²) in [6.45, 7) is 0.0902. The van der Waals surface area contributed by atoms with Crippen molar-refractivity contribution in [2.45, 2.75) is 44.2 Å². The fraction of sp³-hybridized carbons (Fsp3) is 0.500. The molecule has 1 aliphatic heterocycles. The quantitative estimate of drug-likeness (QED) is 0.858. The number of likely N-dealkylation sites (tertiary alicyclic amines) is 1. The van der Waals surface area contributed by atoms with Gasteiger partial charge >= 0.3 is 5.97 Å². The van der Waals surface area contributed by atoms with Gasteiger partial charge in [0.2, 0.25) is 0 Å². The first kappa shape index (κ1) is 14.1. The lowest BCUT2D eigenvalue weighted by Crippen LogP contribution is -2.40. The zero-order chi connectivity index (χ0) is 15.0. The van der Waals surface area contributed by atoms with Crippen molar-refractivity contribution in [1.82, 2.24) is 4.90 Å². The number of carbonyl (C=O) groups excluding carboxylic acids is 1. The Hall–Kier alpha value is -1.88. The second-order valence-electron chi connectivity index (χ2n) is 5.89. The molecule has 0 radical (unpaired) electrons. The molecule has 112 valence electrons. The van der Waals surface area contributed by atoms with Crippen molar-refractivity contribution in [3.8, 4) is 0 Å². The van der Waals surface area contributed by atoms with Crippen LogP contribution in [0.1, 0.15) is 40.7 Å². The molecule has 1 heterocycles. The predicted molar refractivity (Wildman–Crippen MR) is 76.2 cm³/mol. The maximum Gasteiger partial charge on any atom is 0.326 e. The van der Waals surface area contributed by atoms with Gasteiger partial charge in [-0.1, -0.05) is 6.07 Å². The summed E-state index contributed by atoms with van der Waals surface area (Å²) in [5.74, 6) is -1.36. The lowest BCUT2D eigenvalue weighted by molar-refractivity contribution is -0.141. The summed E-state index contributed by atoms with van der Waals surface area (Å²) in [6.07, 6.45) is 3.68. The van der Waals surface area contributed by atoms with E-state index >= 15 is 0 Å². The van der Waals surface area contributed by atoms with Crippen molar-refractivity contribution in [3.05, 3.63) is 34.9 Å². The van der Waals surface area contributed by atoms with Crippen LogP contribution >= 0.6 is 0 Å². The third-order valence-corrected chi connectivity index (χ3v) is 4.42. The number of hydrogen-bond acceptors (Lipinski definition) is 3. The number of β-amino-alcohol motifs (C(OH)–C–C–N with tert-alkyl or cyclic N) is 1. The van der Waals surface area contributed by atoms with Gasteiger partial charge in [-0.25, -0.2) is 4.79 Å². The average molecular weight is 289 g/mol. The SMILES string of the molecule is O=C(O)[C@@H]1C[C@H](O)CN1C(=O)c1ccc2c(c1)CCCC2. The van der Waals surface area contributed by atoms with Gasteiger partial charge in [0.1, 0.15) is 6.04 Å². The zero-order valence-electron chi connectivity index (χ0n) is 11.8. The molecule has 1 saturated heterocycles. The van der Waals surface area contributed by atoms with E-state index in [1.807, 2.05) is 12.1 Å². The Kier molecular flexibility index (Phi) is 3.68. The van der Waals surface area contributed by atoms with Gasteiger partial charge in [0.15, 0.2) is 0 Å². The van der Waals surface area contributed by atoms with Crippen LogP contribution in [0, 0.1) is 0 Å². The number of benzene rings is 1. The van der Waals surface area contributed by atoms with Crippen LogP contribution in [0.3, 0.4) is 0 Å². The van der Waals surface area contributed by atoms with E-state index in [-0.39, 0.29) is 18.9 Å². The minimum absolute atomic E-state index is 0.0902. The van der Waals surface area contributed by atoms with E-state index in [1.54, 1.807) is 6.07 Å². The maximum atomic E-state index is 12.5. The second-order valence-corrected chi connectivity index (χ2v) is 5.89. The van der Waals surface area contributed by atoms with E-state index in [0.29, 0.717) is 5.56 Å². The Labute approximate surface area is 123 Å². The molecule has 0 spiro atoms. The molecule has 0 aromatic heterocycles. The van der Waals surface area contributed by atoms with Crippen molar-refractivity contribution in [2.75, 3.05) is 6.54 Å². The molecule has 5 nitrogen and oxygen atoms in total. The molecular weight excluding hydrogens is 270 g/mol. The number of aliphatic hydroxyl groups excluding tert-OH is 1. The van der Waals surface area contributed by atoms with E-state index in [9.17, 15) is 19.8 Å². The van der Waals surface area contributed by atoms with Crippen LogP contribution in [-0.4, -0.2) is 45.7 Å². The predicted octanol–water partition coefficient (Wildman–Crippen LogP) is 1.23. The normalized spacial score (nSPS) is 24.7. The number of carboxylic acid groups (broad SMARTS) is 1. The van der Waals surface area contributed by atoms with Gasteiger partial charge in [-0.2, -0.15) is 0 Å². The number of aryl methyl sites for hydroxylation is 2. The lowest BCUT2D eigenvalue weighted by Gasteiger charge is -2.22. The number of carboxylic acids is 1. The molecular formula is C16H19NO4. The fourth-order valence-electron chi connectivity index (χ4n) is 3.30. The molecule has 2 aliphatic rings. The number of amides is 1. The smallest absolute Gasteiger partial charge is 0.326 e. The summed E-state index contributed by atoms with van der Waals surface area (Å²) in [4.78, 5) is 25.0. The van der Waals surface area contributed by atoms with Gasteiger partial charge in [0.25, 0.3) is 5.91 Å². The molecule has 1 aromatic rings. The summed E-state index contributed by atoms with van der Waals surface area (Å²) >= 11 is 0. The minimum Gasteiger partial charge on any atom is -0.480 e. The number of aliphatic carboxylic acids is 1. The number of carbonyl (C=O) groups is 2. The number of fused-ring (bicyclic) bond motifs is 1. The van der Waals surface area contributed by atoms with E-state index in [1.165, 1.54) is 22.4 Å². The third kappa shape index (κ3) is 2.65. The van der Waals surface area contributed by atoms with Crippen LogP contribution in [0.5, 0.6) is 0 Å². The highest BCUT2D eigenvalue weighted by molar-refractivity contribution is 5.97. The molecule has 0 saturated carbocycles. The first-order valence-corrected chi connectivity index (χ1v) is 7.40. The number of rotatable bonds is 2. The number of hydrogen-bond donors (Lipinski definition) is 2. The largest absolute Gasteiger partial charge is 0.480 e. The standard InChI is InChI=1S/C16H19NO4/c18-13-8-14(16(20)21)17(9-13)15(19)12-6-5-10-3-1-2-4-11(10)7-12/h5-7,13-14,18H,1-4,8-9H2,(H,20,21)/t13-,14-/m0/s1. The summed E-state index contributed by atoms with van der Waals surface area (Å²) in [7, 11) is 0. The van der Waals surface area contributed by atoms with Crippen LogP contribution in [0.2, 0.25) is 0 Å². The monoisotopic (exact) mass is 289 g/mol. The molecule has 3 rings (SSSR count). The summed E-state index contributed by atoms with van der Waals surface area (Å²) in [5.41, 5.74) is 3.00. The minimum atomic E-state index is -1.06. The fourth-order valence-corrected chi connectivity index (χ4v) is 3.30. The molecule has 21 heavy (non-hydrogen) atoms. The number of aliphatic hydroxyl groups is 1. The molecule has 0 bridgehead atoms. The van der Waals surface area contributed by atoms with Crippen LogP contribution < -0.4 is 0 Å². The average Bonchev–Trinajstić information content (AvgIpc) is 2.88. The Morgan fingerprint density at radius 3 is 2.57 bits per heavy atom. The Morgan fingerprint density at radius 1 is 1.14 bits per heavy atom. The summed E-state index contributed by atoms with van der Waals surface area (Å²) in [6, 6.07) is 4.71. The van der Waals surface area contributed by atoms with E-state index in [2.05, 4.69) is 0 Å². The third-order valence-electron chi connectivity index (χ3n) is 4.42. The Morgan fingerprint density at radius 2 is 1.86 bits per heavy atom. The first-order chi connectivity index (χ1) is 10.1. The van der Waals surface area contributed by atoms with Gasteiger partial charge in [-0.05, 0) is 48.9 Å². The van der Waals surface area contributed by atoms with Crippen LogP contribution in [-0.2, 0) is 17.6 Å². The summed E-state index contributed by atoms with van der Waals surface area (Å²) < 4.78 is 0. The molecule has 2 atom stereocenters. The van der Waals surface area contributed by atoms with Crippen LogP contribution in [0.25, 0.3) is 0 Å². The highest BCUT2D eigenvalue weighted by Gasteiger charge is 2.39. The topological polar surface area (TPSA) is 77.8 Å². The molecule has 5 heteroatoms. The maximum absolute atomic E-state index is 12.5. The molecule has 1 fully saturated rings. The molecule has 1 amide bonds. The van der Waals surface area contributed by atoms with Crippen molar-refractivity contribution >= 4 is 11.9 Å². The van der Waals surface area contributed by atoms with Gasteiger partial charge in [-0.3, -0.25) is 4.79 Å². The van der Waals surface area contributed by atoms with Gasteiger partial charge in [0, 0.05) is 18.5 Å². The zero-order valence-corrected chi connectivity index (χ0v) is 11.8. The van der Waals surface area contributed by atoms with Crippen molar-refractivity contribution in [2.24, 2.45) is 0 Å². The van der Waals surface area contributed by atoms with Crippen molar-refractivity contribution in [3.63, 3.8) is 0 Å². The summed E-state index contributed by atoms with van der Waals surface area (Å²) in [5, 5.41) is 18.8. The molecule has 1 aromatic carbocycles. The molecule has 2 N–H and O–H groups in total. The van der Waals surface area contributed by atoms with E-state index < -0.39 is 18.1 Å². The Balaban J connectivity index is 1.86. The van der Waals surface area contributed by atoms with Gasteiger partial charge in [0.05, 0.1) is 6.10 Å². The molecule has 1 aliphatic carbocycles.